The number of ether oxygens (including phenoxy) is 1. The number of hydrogen-bond donors (Lipinski definition) is 0. The van der Waals surface area contributed by atoms with Crippen molar-refractivity contribution in [3.63, 3.8) is 0 Å². The molecule has 1 saturated heterocycles. The van der Waals surface area contributed by atoms with Gasteiger partial charge in [-0.2, -0.15) is 30.2 Å². The maximum absolute atomic E-state index is 12.7. The quantitative estimate of drug-likeness (QED) is 0.705. The van der Waals surface area contributed by atoms with Gasteiger partial charge in [-0.05, 0) is 12.8 Å². The van der Waals surface area contributed by atoms with Crippen LogP contribution in [0.5, 0.6) is 0 Å². The Kier molecular flexibility index (Phi) is 6.00. The lowest BCUT2D eigenvalue weighted by atomic mass is 9.99. The topological polar surface area (TPSA) is 66.9 Å². The van der Waals surface area contributed by atoms with E-state index >= 15 is 0 Å². The smallest absolute Gasteiger partial charge is 0.393 e. The molecule has 0 N–H and O–H groups in total. The van der Waals surface area contributed by atoms with E-state index in [1.165, 1.54) is 14.2 Å². The van der Waals surface area contributed by atoms with Crippen LogP contribution in [0.25, 0.3) is 0 Å². The van der Waals surface area contributed by atoms with Gasteiger partial charge in [0, 0.05) is 26.7 Å². The maximum atomic E-state index is 12.7. The summed E-state index contributed by atoms with van der Waals surface area (Å²) in [5.41, 5.74) is 0. The first-order valence-corrected chi connectivity index (χ1v) is 7.83. The van der Waals surface area contributed by atoms with Crippen LogP contribution in [-0.2, 0) is 19.7 Å². The molecule has 0 aromatic heterocycles. The van der Waals surface area contributed by atoms with Crippen LogP contribution in [0.1, 0.15) is 19.3 Å². The van der Waals surface area contributed by atoms with Gasteiger partial charge in [0.05, 0.1) is 19.4 Å². The molecule has 1 unspecified atom stereocenters. The highest BCUT2D eigenvalue weighted by Crippen LogP contribution is 2.34. The van der Waals surface area contributed by atoms with Crippen molar-refractivity contribution in [2.75, 3.05) is 33.8 Å². The van der Waals surface area contributed by atoms with Crippen LogP contribution in [0.15, 0.2) is 0 Å². The maximum Gasteiger partial charge on any atom is 0.393 e. The van der Waals surface area contributed by atoms with Crippen molar-refractivity contribution in [2.45, 2.75) is 25.4 Å². The molecule has 0 saturated carbocycles. The van der Waals surface area contributed by atoms with E-state index in [0.29, 0.717) is 0 Å². The van der Waals surface area contributed by atoms with Crippen molar-refractivity contribution in [3.8, 4) is 0 Å². The molecule has 124 valence electrons. The normalized spacial score (nSPS) is 21.5. The molecule has 0 aromatic carbocycles. The standard InChI is InChI=1S/C11H19F3N2O4S/c1-15(7-5-10(17)20-2)21(18,19)16-6-3-4-9(8-16)11(12,13)14/h9H,3-8H2,1-2H3. The fourth-order valence-corrected chi connectivity index (χ4v) is 3.53. The number of carbonyl (C=O) groups excluding carboxylic acids is 1. The number of piperidine rings is 1. The highest BCUT2D eigenvalue weighted by molar-refractivity contribution is 7.86. The van der Waals surface area contributed by atoms with Crippen LogP contribution in [0.3, 0.4) is 0 Å². The second kappa shape index (κ2) is 6.93. The van der Waals surface area contributed by atoms with E-state index in [1.807, 2.05) is 0 Å². The van der Waals surface area contributed by atoms with Crippen molar-refractivity contribution < 1.29 is 31.1 Å². The molecule has 1 heterocycles. The summed E-state index contributed by atoms with van der Waals surface area (Å²) in [7, 11) is -1.59. The van der Waals surface area contributed by atoms with Gasteiger partial charge in [-0.15, -0.1) is 0 Å². The summed E-state index contributed by atoms with van der Waals surface area (Å²) in [6, 6.07) is 0. The number of carbonyl (C=O) groups is 1. The Hall–Kier alpha value is -0.870. The summed E-state index contributed by atoms with van der Waals surface area (Å²) < 4.78 is 68.6. The van der Waals surface area contributed by atoms with Crippen LogP contribution in [0.2, 0.25) is 0 Å². The van der Waals surface area contributed by atoms with Crippen molar-refractivity contribution in [1.29, 1.82) is 0 Å². The predicted molar refractivity (Wildman–Crippen MR) is 68.5 cm³/mol. The van der Waals surface area contributed by atoms with Gasteiger partial charge >= 0.3 is 12.1 Å². The summed E-state index contributed by atoms with van der Waals surface area (Å²) in [5, 5.41) is 0. The Bertz CT molecular complexity index is 467. The molecule has 21 heavy (non-hydrogen) atoms. The van der Waals surface area contributed by atoms with Gasteiger partial charge in [0.15, 0.2) is 0 Å². The molecule has 0 radical (unpaired) electrons. The SMILES string of the molecule is COC(=O)CCN(C)S(=O)(=O)N1CCCC(C(F)(F)F)C1. The third-order valence-electron chi connectivity index (χ3n) is 3.43. The van der Waals surface area contributed by atoms with Gasteiger partial charge in [0.1, 0.15) is 0 Å². The average Bonchev–Trinajstić information content (AvgIpc) is 2.43. The van der Waals surface area contributed by atoms with Crippen LogP contribution in [0.4, 0.5) is 13.2 Å². The average molecular weight is 332 g/mol. The molecule has 1 atom stereocenters. The number of hydrogen-bond acceptors (Lipinski definition) is 4. The van der Waals surface area contributed by atoms with E-state index in [4.69, 9.17) is 0 Å². The van der Waals surface area contributed by atoms with Gasteiger partial charge in [-0.3, -0.25) is 4.79 Å². The summed E-state index contributed by atoms with van der Waals surface area (Å²) in [4.78, 5) is 11.0. The number of alkyl halides is 3. The zero-order chi connectivity index (χ0) is 16.3. The third kappa shape index (κ3) is 4.82. The van der Waals surface area contributed by atoms with E-state index < -0.39 is 34.8 Å². The van der Waals surface area contributed by atoms with E-state index in [0.717, 1.165) is 8.61 Å². The Labute approximate surface area is 122 Å². The van der Waals surface area contributed by atoms with Crippen LogP contribution < -0.4 is 0 Å². The highest BCUT2D eigenvalue weighted by Gasteiger charge is 2.44. The van der Waals surface area contributed by atoms with Gasteiger partial charge in [0.2, 0.25) is 0 Å². The second-order valence-corrected chi connectivity index (χ2v) is 6.93. The first-order chi connectivity index (χ1) is 9.59. The Balaban J connectivity index is 2.70. The summed E-state index contributed by atoms with van der Waals surface area (Å²) in [6.45, 7) is -0.659. The van der Waals surface area contributed by atoms with Crippen LogP contribution >= 0.6 is 0 Å². The van der Waals surface area contributed by atoms with Crippen molar-refractivity contribution >= 4 is 16.2 Å². The molecule has 1 aliphatic heterocycles. The zero-order valence-corrected chi connectivity index (χ0v) is 12.7. The van der Waals surface area contributed by atoms with Crippen molar-refractivity contribution in [3.05, 3.63) is 0 Å². The lowest BCUT2D eigenvalue weighted by Crippen LogP contribution is -2.49. The largest absolute Gasteiger partial charge is 0.469 e. The molecule has 0 aromatic rings. The number of halogens is 3. The van der Waals surface area contributed by atoms with Gasteiger partial charge in [0.25, 0.3) is 10.2 Å². The van der Waals surface area contributed by atoms with E-state index in [2.05, 4.69) is 4.74 Å². The second-order valence-electron chi connectivity index (χ2n) is 4.89. The monoisotopic (exact) mass is 332 g/mol. The molecule has 0 aliphatic carbocycles. The first kappa shape index (κ1) is 18.2. The molecule has 1 aliphatic rings. The number of methoxy groups -OCH3 is 1. The third-order valence-corrected chi connectivity index (χ3v) is 5.38. The first-order valence-electron chi connectivity index (χ1n) is 6.44. The number of rotatable bonds is 5. The summed E-state index contributed by atoms with van der Waals surface area (Å²) in [6.07, 6.45) is -4.46. The zero-order valence-electron chi connectivity index (χ0n) is 11.9. The van der Waals surface area contributed by atoms with E-state index in [-0.39, 0.29) is 32.4 Å². The minimum atomic E-state index is -4.40. The molecule has 1 rings (SSSR count). The predicted octanol–water partition coefficient (Wildman–Crippen LogP) is 1.00. The molecule has 0 bridgehead atoms. The van der Waals surface area contributed by atoms with Crippen LogP contribution in [0, 0.1) is 5.92 Å². The molecule has 6 nitrogen and oxygen atoms in total. The fraction of sp³-hybridized carbons (Fsp3) is 0.909. The van der Waals surface area contributed by atoms with Crippen molar-refractivity contribution in [2.24, 2.45) is 5.92 Å². The van der Waals surface area contributed by atoms with Crippen LogP contribution in [-0.4, -0.2) is 63.0 Å². The molecule has 1 fully saturated rings. The Morgan fingerprint density at radius 2 is 2.05 bits per heavy atom. The van der Waals surface area contributed by atoms with Gasteiger partial charge < -0.3 is 4.74 Å². The van der Waals surface area contributed by atoms with Gasteiger partial charge in [-0.25, -0.2) is 0 Å². The van der Waals surface area contributed by atoms with Crippen molar-refractivity contribution in [1.82, 2.24) is 8.61 Å². The fourth-order valence-electron chi connectivity index (χ4n) is 2.08. The molecule has 10 heteroatoms. The minimum Gasteiger partial charge on any atom is -0.469 e. The van der Waals surface area contributed by atoms with Gasteiger partial charge in [-0.1, -0.05) is 0 Å². The summed E-state index contributed by atoms with van der Waals surface area (Å²) in [5.74, 6) is -2.22. The number of nitrogens with zero attached hydrogens (tertiary/aromatic N) is 2. The minimum absolute atomic E-state index is 0.0531. The molecular weight excluding hydrogens is 313 g/mol. The highest BCUT2D eigenvalue weighted by atomic mass is 32.2. The van der Waals surface area contributed by atoms with E-state index in [1.54, 1.807) is 0 Å². The molecule has 0 amide bonds. The lowest BCUT2D eigenvalue weighted by Gasteiger charge is -2.35. The Morgan fingerprint density at radius 1 is 1.43 bits per heavy atom. The number of esters is 1. The molecular formula is C11H19F3N2O4S. The van der Waals surface area contributed by atoms with E-state index in [9.17, 15) is 26.4 Å². The Morgan fingerprint density at radius 3 is 2.57 bits per heavy atom. The molecule has 0 spiro atoms. The summed E-state index contributed by atoms with van der Waals surface area (Å²) >= 11 is 0. The lowest BCUT2D eigenvalue weighted by molar-refractivity contribution is -0.182.